The van der Waals surface area contributed by atoms with Crippen molar-refractivity contribution >= 4 is 34.1 Å². The molecular weight excluding hydrogens is 430 g/mol. The van der Waals surface area contributed by atoms with E-state index in [4.69, 9.17) is 5.73 Å². The van der Waals surface area contributed by atoms with Gasteiger partial charge in [-0.05, 0) is 30.7 Å². The third-order valence-electron chi connectivity index (χ3n) is 5.27. The Labute approximate surface area is 178 Å². The lowest BCUT2D eigenvalue weighted by Crippen LogP contribution is -2.35. The number of nitrogens with two attached hydrogens (primary N) is 1. The van der Waals surface area contributed by atoms with Crippen LogP contribution in [0, 0.1) is 5.82 Å². The van der Waals surface area contributed by atoms with Crippen LogP contribution in [0.2, 0.25) is 0 Å². The van der Waals surface area contributed by atoms with Crippen LogP contribution in [0.4, 0.5) is 28.9 Å². The fourth-order valence-electron chi connectivity index (χ4n) is 3.80. The van der Waals surface area contributed by atoms with E-state index in [9.17, 15) is 27.2 Å². The lowest BCUT2D eigenvalue weighted by molar-refractivity contribution is -0.137. The zero-order valence-corrected chi connectivity index (χ0v) is 16.6. The van der Waals surface area contributed by atoms with Crippen molar-refractivity contribution in [1.29, 1.82) is 0 Å². The first kappa shape index (κ1) is 21.3. The molecule has 0 saturated heterocycles. The minimum atomic E-state index is -4.64. The van der Waals surface area contributed by atoms with Gasteiger partial charge < -0.3 is 16.4 Å². The minimum Gasteiger partial charge on any atom is -0.398 e. The maximum Gasteiger partial charge on any atom is 0.418 e. The van der Waals surface area contributed by atoms with E-state index in [1.165, 1.54) is 31.3 Å². The number of hydrogen-bond donors (Lipinski definition) is 4. The highest BCUT2D eigenvalue weighted by Gasteiger charge is 2.36. The fraction of sp³-hybridized carbons (Fsp3) is 0.190. The summed E-state index contributed by atoms with van der Waals surface area (Å²) in [5.74, 6) is -2.68. The molecule has 0 aliphatic carbocycles. The van der Waals surface area contributed by atoms with Crippen molar-refractivity contribution in [2.24, 2.45) is 0 Å². The first-order valence-electron chi connectivity index (χ1n) is 9.46. The zero-order valence-electron chi connectivity index (χ0n) is 16.6. The van der Waals surface area contributed by atoms with Gasteiger partial charge in [0, 0.05) is 40.7 Å². The van der Waals surface area contributed by atoms with Crippen molar-refractivity contribution in [1.82, 2.24) is 15.5 Å². The molecule has 11 heteroatoms. The molecule has 1 aromatic heterocycles. The van der Waals surface area contributed by atoms with Gasteiger partial charge >= 0.3 is 6.18 Å². The summed E-state index contributed by atoms with van der Waals surface area (Å²) >= 11 is 0. The molecule has 5 N–H and O–H groups in total. The Balaban J connectivity index is 1.70. The summed E-state index contributed by atoms with van der Waals surface area (Å²) < 4.78 is 53.6. The summed E-state index contributed by atoms with van der Waals surface area (Å²) in [4.78, 5) is 25.2. The van der Waals surface area contributed by atoms with Crippen molar-refractivity contribution in [2.75, 3.05) is 11.1 Å². The van der Waals surface area contributed by atoms with E-state index in [1.54, 1.807) is 0 Å². The highest BCUT2D eigenvalue weighted by atomic mass is 19.4. The molecule has 4 rings (SSSR count). The van der Waals surface area contributed by atoms with E-state index in [1.807, 2.05) is 0 Å². The molecule has 32 heavy (non-hydrogen) atoms. The highest BCUT2D eigenvalue weighted by Crippen LogP contribution is 2.39. The molecule has 3 aromatic rings. The van der Waals surface area contributed by atoms with Gasteiger partial charge in [-0.15, -0.1) is 0 Å². The smallest absolute Gasteiger partial charge is 0.398 e. The second-order valence-electron chi connectivity index (χ2n) is 7.43. The molecule has 1 aliphatic rings. The van der Waals surface area contributed by atoms with Gasteiger partial charge in [0.1, 0.15) is 5.82 Å². The fourth-order valence-corrected chi connectivity index (χ4v) is 3.80. The van der Waals surface area contributed by atoms with Crippen molar-refractivity contribution < 1.29 is 27.2 Å². The second-order valence-corrected chi connectivity index (χ2v) is 7.43. The number of hydrogen-bond acceptors (Lipinski definition) is 4. The summed E-state index contributed by atoms with van der Waals surface area (Å²) in [7, 11) is 0. The van der Waals surface area contributed by atoms with Gasteiger partial charge in [-0.25, -0.2) is 4.39 Å². The lowest BCUT2D eigenvalue weighted by Gasteiger charge is -2.27. The summed E-state index contributed by atoms with van der Waals surface area (Å²) in [5.41, 5.74) is 4.98. The van der Waals surface area contributed by atoms with E-state index < -0.39 is 41.0 Å². The number of allylic oxidation sites excluding steroid dienone is 1. The Bertz CT molecular complexity index is 1280. The number of fused-ring (bicyclic) bond motifs is 1. The molecule has 0 radical (unpaired) electrons. The Kier molecular flexibility index (Phi) is 5.11. The number of halogens is 4. The number of benzene rings is 2. The van der Waals surface area contributed by atoms with Gasteiger partial charge in [-0.2, -0.15) is 18.3 Å². The molecule has 0 fully saturated rings. The van der Waals surface area contributed by atoms with Crippen molar-refractivity contribution in [2.45, 2.75) is 25.4 Å². The highest BCUT2D eigenvalue weighted by molar-refractivity contribution is 6.07. The van der Waals surface area contributed by atoms with E-state index in [-0.39, 0.29) is 28.9 Å². The molecule has 166 valence electrons. The topological polar surface area (TPSA) is 113 Å². The van der Waals surface area contributed by atoms with Crippen molar-refractivity contribution in [3.8, 4) is 0 Å². The van der Waals surface area contributed by atoms with E-state index in [2.05, 4.69) is 20.8 Å². The van der Waals surface area contributed by atoms with Crippen molar-refractivity contribution in [3.05, 3.63) is 64.7 Å². The molecule has 1 atom stereocenters. The number of nitrogens with one attached hydrogen (secondary N) is 3. The number of alkyl halides is 3. The lowest BCUT2D eigenvalue weighted by atomic mass is 9.83. The summed E-state index contributed by atoms with van der Waals surface area (Å²) in [6, 6.07) is 5.67. The van der Waals surface area contributed by atoms with Crippen LogP contribution in [0.15, 0.2) is 47.8 Å². The van der Waals surface area contributed by atoms with Crippen LogP contribution in [0.1, 0.15) is 30.4 Å². The Morgan fingerprint density at radius 2 is 2.00 bits per heavy atom. The first-order chi connectivity index (χ1) is 15.0. The summed E-state index contributed by atoms with van der Waals surface area (Å²) in [6.07, 6.45) is -3.36. The zero-order chi connectivity index (χ0) is 23.2. The number of rotatable bonds is 3. The molecule has 7 nitrogen and oxygen atoms in total. The third-order valence-corrected chi connectivity index (χ3v) is 5.27. The molecule has 2 aromatic carbocycles. The minimum absolute atomic E-state index is 0.0930. The van der Waals surface area contributed by atoms with Crippen LogP contribution in [0.25, 0.3) is 10.9 Å². The van der Waals surface area contributed by atoms with Gasteiger partial charge in [-0.3, -0.25) is 14.7 Å². The molecule has 0 bridgehead atoms. The van der Waals surface area contributed by atoms with Crippen LogP contribution >= 0.6 is 0 Å². The maximum atomic E-state index is 14.4. The number of nitrogens with zero attached hydrogens (tertiary/aromatic N) is 1. The first-order valence-corrected chi connectivity index (χ1v) is 9.46. The molecule has 2 amide bonds. The number of amides is 2. The van der Waals surface area contributed by atoms with Gasteiger partial charge in [0.25, 0.3) is 5.91 Å². The molecule has 2 heterocycles. The average molecular weight is 447 g/mol. The van der Waals surface area contributed by atoms with Gasteiger partial charge in [0.15, 0.2) is 0 Å². The van der Waals surface area contributed by atoms with Crippen LogP contribution in [0.3, 0.4) is 0 Å². The largest absolute Gasteiger partial charge is 0.418 e. The number of anilines is 2. The Hall–Kier alpha value is -3.89. The predicted octanol–water partition coefficient (Wildman–Crippen LogP) is 3.82. The standard InChI is InChI=1S/C21H17F4N5O2/c1-9-19(20(32)29-17-5-11-8-27-30-16(11)7-14(17)22)12(6-18(31)28-9)10-2-3-13(15(26)4-10)21(23,24)25/h2-5,7-8,12H,6,26H2,1H3,(H,27,30)(H,28,31)(H,29,32). The molecule has 0 saturated carbocycles. The second kappa shape index (κ2) is 7.66. The molecule has 1 aliphatic heterocycles. The van der Waals surface area contributed by atoms with Gasteiger partial charge in [0.2, 0.25) is 5.91 Å². The Morgan fingerprint density at radius 1 is 1.25 bits per heavy atom. The Morgan fingerprint density at radius 3 is 2.69 bits per heavy atom. The number of H-pyrrole nitrogens is 1. The normalized spacial score (nSPS) is 16.9. The number of nitrogen functional groups attached to an aromatic ring is 1. The SMILES string of the molecule is CC1=C(C(=O)Nc2cc3cn[nH]c3cc2F)C(c2ccc(C(F)(F)F)c(N)c2)CC(=O)N1. The van der Waals surface area contributed by atoms with Crippen LogP contribution in [-0.4, -0.2) is 22.0 Å². The predicted molar refractivity (Wildman–Crippen MR) is 109 cm³/mol. The summed E-state index contributed by atoms with van der Waals surface area (Å²) in [5, 5.41) is 12.0. The van der Waals surface area contributed by atoms with Crippen LogP contribution < -0.4 is 16.4 Å². The molecule has 0 spiro atoms. The monoisotopic (exact) mass is 447 g/mol. The van der Waals surface area contributed by atoms with Gasteiger partial charge in [-0.1, -0.05) is 6.07 Å². The third kappa shape index (κ3) is 3.88. The average Bonchev–Trinajstić information content (AvgIpc) is 3.13. The van der Waals surface area contributed by atoms with E-state index in [0.29, 0.717) is 10.9 Å². The van der Waals surface area contributed by atoms with Crippen LogP contribution in [-0.2, 0) is 15.8 Å². The number of carbonyl (C=O) groups is 2. The molecule has 1 unspecified atom stereocenters. The van der Waals surface area contributed by atoms with Crippen LogP contribution in [0.5, 0.6) is 0 Å². The van der Waals surface area contributed by atoms with Crippen molar-refractivity contribution in [3.63, 3.8) is 0 Å². The number of aromatic amines is 1. The quantitative estimate of drug-likeness (QED) is 0.361. The number of carbonyl (C=O) groups excluding carboxylic acids is 2. The van der Waals surface area contributed by atoms with E-state index >= 15 is 0 Å². The van der Waals surface area contributed by atoms with Gasteiger partial charge in [0.05, 0.1) is 23.0 Å². The number of aromatic nitrogens is 2. The summed E-state index contributed by atoms with van der Waals surface area (Å²) in [6.45, 7) is 1.49. The maximum absolute atomic E-state index is 14.4. The van der Waals surface area contributed by atoms with E-state index in [0.717, 1.165) is 12.1 Å². The molecular formula is C21H17F4N5O2.